The molecular weight excluding hydrogens is 134 g/mol. The van der Waals surface area contributed by atoms with E-state index in [2.05, 4.69) is 25.1 Å². The van der Waals surface area contributed by atoms with Crippen molar-refractivity contribution in [2.24, 2.45) is 0 Å². The van der Waals surface area contributed by atoms with Crippen LogP contribution < -0.4 is 5.32 Å². The van der Waals surface area contributed by atoms with Crippen molar-refractivity contribution in [2.45, 2.75) is 18.9 Å². The van der Waals surface area contributed by atoms with Crippen LogP contribution in [-0.2, 0) is 0 Å². The Bertz CT molecular complexity index is 117. The van der Waals surface area contributed by atoms with Gasteiger partial charge in [0, 0.05) is 12.6 Å². The first kappa shape index (κ1) is 10.2. The molecule has 0 aromatic carbocycles. The Hall–Kier alpha value is -0.820. The van der Waals surface area contributed by atoms with Crippen molar-refractivity contribution in [3.05, 3.63) is 38.0 Å². The fourth-order valence-electron chi connectivity index (χ4n) is 0.915. The molecular formula is C10H17N. The quantitative estimate of drug-likeness (QED) is 0.550. The molecule has 0 saturated heterocycles. The van der Waals surface area contributed by atoms with E-state index in [-0.39, 0.29) is 0 Å². The van der Waals surface area contributed by atoms with Crippen LogP contribution in [-0.4, -0.2) is 12.6 Å². The lowest BCUT2D eigenvalue weighted by atomic mass is 10.1. The average molecular weight is 151 g/mol. The summed E-state index contributed by atoms with van der Waals surface area (Å²) >= 11 is 0. The second-order valence-corrected chi connectivity index (χ2v) is 2.44. The third-order valence-corrected chi connectivity index (χ3v) is 1.45. The van der Waals surface area contributed by atoms with E-state index < -0.39 is 0 Å². The zero-order valence-corrected chi connectivity index (χ0v) is 7.05. The van der Waals surface area contributed by atoms with Crippen LogP contribution in [0.4, 0.5) is 0 Å². The number of hydrogen-bond acceptors (Lipinski definition) is 1. The van der Waals surface area contributed by atoms with Crippen LogP contribution in [0.5, 0.6) is 0 Å². The smallest absolute Gasteiger partial charge is 0.0139 e. The first-order valence-electron chi connectivity index (χ1n) is 3.91. The Labute approximate surface area is 69.5 Å². The molecule has 1 heteroatoms. The van der Waals surface area contributed by atoms with Gasteiger partial charge in [-0.1, -0.05) is 18.2 Å². The zero-order valence-electron chi connectivity index (χ0n) is 7.05. The highest BCUT2D eigenvalue weighted by Crippen LogP contribution is 1.98. The van der Waals surface area contributed by atoms with Gasteiger partial charge in [-0.25, -0.2) is 0 Å². The van der Waals surface area contributed by atoms with Gasteiger partial charge in [0.2, 0.25) is 0 Å². The first-order chi connectivity index (χ1) is 5.35. The minimum atomic E-state index is 0.475. The largest absolute Gasteiger partial charge is 0.310 e. The van der Waals surface area contributed by atoms with Crippen molar-refractivity contribution in [2.75, 3.05) is 6.54 Å². The van der Waals surface area contributed by atoms with Crippen molar-refractivity contribution < 1.29 is 0 Å². The van der Waals surface area contributed by atoms with Gasteiger partial charge < -0.3 is 5.32 Å². The molecule has 0 bridgehead atoms. The monoisotopic (exact) mass is 151 g/mol. The second kappa shape index (κ2) is 7.29. The molecule has 0 amide bonds. The van der Waals surface area contributed by atoms with Gasteiger partial charge in [0.15, 0.2) is 0 Å². The Balaban J connectivity index is 3.57. The maximum absolute atomic E-state index is 3.69. The third-order valence-electron chi connectivity index (χ3n) is 1.45. The zero-order chi connectivity index (χ0) is 8.53. The summed E-state index contributed by atoms with van der Waals surface area (Å²) in [5.74, 6) is 0. The van der Waals surface area contributed by atoms with E-state index in [1.54, 1.807) is 0 Å². The maximum Gasteiger partial charge on any atom is 0.0139 e. The molecule has 0 aliphatic carbocycles. The molecule has 0 aromatic heterocycles. The molecule has 1 nitrogen and oxygen atoms in total. The predicted octanol–water partition coefficient (Wildman–Crippen LogP) is 2.28. The van der Waals surface area contributed by atoms with E-state index in [4.69, 9.17) is 0 Å². The molecule has 62 valence electrons. The lowest BCUT2D eigenvalue weighted by Gasteiger charge is -2.12. The van der Waals surface area contributed by atoms with E-state index in [9.17, 15) is 0 Å². The number of hydrogen-bond donors (Lipinski definition) is 1. The first-order valence-corrected chi connectivity index (χ1v) is 3.91. The highest BCUT2D eigenvalue weighted by molar-refractivity contribution is 4.85. The van der Waals surface area contributed by atoms with Crippen molar-refractivity contribution >= 4 is 0 Å². The summed E-state index contributed by atoms with van der Waals surface area (Å²) in [6.07, 6.45) is 7.67. The van der Waals surface area contributed by atoms with Crippen LogP contribution in [0.15, 0.2) is 38.0 Å². The summed E-state index contributed by atoms with van der Waals surface area (Å²) in [7, 11) is 0. The molecule has 0 heterocycles. The van der Waals surface area contributed by atoms with Gasteiger partial charge in [0.05, 0.1) is 0 Å². The fourth-order valence-corrected chi connectivity index (χ4v) is 0.915. The van der Waals surface area contributed by atoms with Gasteiger partial charge >= 0.3 is 0 Å². The maximum atomic E-state index is 3.69. The minimum absolute atomic E-state index is 0.475. The van der Waals surface area contributed by atoms with Gasteiger partial charge in [-0.05, 0) is 12.8 Å². The topological polar surface area (TPSA) is 12.0 Å². The number of rotatable bonds is 7. The van der Waals surface area contributed by atoms with Crippen LogP contribution in [0.1, 0.15) is 12.8 Å². The lowest BCUT2D eigenvalue weighted by Crippen LogP contribution is -2.27. The third kappa shape index (κ3) is 5.62. The van der Waals surface area contributed by atoms with Crippen molar-refractivity contribution in [1.82, 2.24) is 5.32 Å². The van der Waals surface area contributed by atoms with Gasteiger partial charge in [0.25, 0.3) is 0 Å². The second-order valence-electron chi connectivity index (χ2n) is 2.44. The average Bonchev–Trinajstić information content (AvgIpc) is 2.01. The van der Waals surface area contributed by atoms with Crippen LogP contribution in [0.3, 0.4) is 0 Å². The lowest BCUT2D eigenvalue weighted by molar-refractivity contribution is 0.552. The molecule has 11 heavy (non-hydrogen) atoms. The minimum Gasteiger partial charge on any atom is -0.310 e. The summed E-state index contributed by atoms with van der Waals surface area (Å²) in [4.78, 5) is 0. The highest BCUT2D eigenvalue weighted by Gasteiger charge is 2.00. The van der Waals surface area contributed by atoms with Crippen molar-refractivity contribution in [3.8, 4) is 0 Å². The number of nitrogens with one attached hydrogen (secondary N) is 1. The summed E-state index contributed by atoms with van der Waals surface area (Å²) in [6, 6.07) is 0.475. The van der Waals surface area contributed by atoms with Crippen LogP contribution in [0.2, 0.25) is 0 Å². The highest BCUT2D eigenvalue weighted by atomic mass is 14.9. The van der Waals surface area contributed by atoms with E-state index >= 15 is 0 Å². The van der Waals surface area contributed by atoms with Crippen molar-refractivity contribution in [3.63, 3.8) is 0 Å². The molecule has 0 rings (SSSR count). The molecule has 0 radical (unpaired) electrons. The molecule has 1 N–H and O–H groups in total. The summed E-state index contributed by atoms with van der Waals surface area (Å²) < 4.78 is 0. The van der Waals surface area contributed by atoms with Crippen LogP contribution in [0.25, 0.3) is 0 Å². The summed E-state index contributed by atoms with van der Waals surface area (Å²) in [5, 5.41) is 3.31. The van der Waals surface area contributed by atoms with Crippen LogP contribution in [0, 0.1) is 0 Å². The van der Waals surface area contributed by atoms with Gasteiger partial charge in [0.1, 0.15) is 0 Å². The Morgan fingerprint density at radius 3 is 1.91 bits per heavy atom. The summed E-state index contributed by atoms with van der Waals surface area (Å²) in [6.45, 7) is 11.9. The van der Waals surface area contributed by atoms with E-state index in [0.717, 1.165) is 19.4 Å². The van der Waals surface area contributed by atoms with Gasteiger partial charge in [-0.3, -0.25) is 0 Å². The summed E-state index contributed by atoms with van der Waals surface area (Å²) in [5.41, 5.74) is 0. The Morgan fingerprint density at radius 1 is 1.00 bits per heavy atom. The van der Waals surface area contributed by atoms with Crippen LogP contribution >= 0.6 is 0 Å². The normalized spacial score (nSPS) is 9.55. The standard InChI is InChI=1S/C10H17N/c1-4-7-10(8-5-2)11-9-6-3/h4-6,10-11H,1-3,7-9H2. The van der Waals surface area contributed by atoms with Crippen molar-refractivity contribution in [1.29, 1.82) is 0 Å². The van der Waals surface area contributed by atoms with Gasteiger partial charge in [-0.15, -0.1) is 19.7 Å². The van der Waals surface area contributed by atoms with E-state index in [0.29, 0.717) is 6.04 Å². The van der Waals surface area contributed by atoms with E-state index in [1.807, 2.05) is 18.2 Å². The Kier molecular flexibility index (Phi) is 6.75. The molecule has 0 fully saturated rings. The molecule has 0 spiro atoms. The molecule has 0 unspecified atom stereocenters. The molecule has 0 aliphatic rings. The fraction of sp³-hybridized carbons (Fsp3) is 0.400. The van der Waals surface area contributed by atoms with E-state index in [1.165, 1.54) is 0 Å². The molecule has 0 aliphatic heterocycles. The SMILES string of the molecule is C=CCNC(CC=C)CC=C. The predicted molar refractivity (Wildman–Crippen MR) is 51.6 cm³/mol. The molecule has 0 aromatic rings. The molecule has 0 saturated carbocycles. The Morgan fingerprint density at radius 2 is 1.55 bits per heavy atom. The molecule has 0 atom stereocenters. The van der Waals surface area contributed by atoms with Gasteiger partial charge in [-0.2, -0.15) is 0 Å².